The molecule has 4 heterocycles. The van der Waals surface area contributed by atoms with Gasteiger partial charge in [-0.3, -0.25) is 9.59 Å². The van der Waals surface area contributed by atoms with Gasteiger partial charge in [-0.05, 0) is 50.3 Å². The molecule has 0 bridgehead atoms. The molecule has 0 spiro atoms. The summed E-state index contributed by atoms with van der Waals surface area (Å²) in [5.41, 5.74) is 2.41. The van der Waals surface area contributed by atoms with E-state index in [1.165, 1.54) is 12.8 Å². The summed E-state index contributed by atoms with van der Waals surface area (Å²) in [4.78, 5) is 34.0. The molecule has 144 valence electrons. The third kappa shape index (κ3) is 3.84. The first-order valence-corrected chi connectivity index (χ1v) is 10.2. The van der Waals surface area contributed by atoms with E-state index in [4.69, 9.17) is 0 Å². The minimum Gasteiger partial charge on any atom is -0.342 e. The van der Waals surface area contributed by atoms with E-state index in [0.717, 1.165) is 50.0 Å². The van der Waals surface area contributed by atoms with Gasteiger partial charge in [0.05, 0.1) is 0 Å². The molecule has 2 aromatic rings. The molecule has 2 aliphatic rings. The molecule has 0 saturated carbocycles. The second kappa shape index (κ2) is 7.71. The lowest BCUT2D eigenvalue weighted by molar-refractivity contribution is -0.136. The molecular weight excluding hydrogens is 340 g/mol. The molecular formula is C21H28N4O2. The molecule has 2 aromatic heterocycles. The van der Waals surface area contributed by atoms with Gasteiger partial charge in [0, 0.05) is 44.5 Å². The van der Waals surface area contributed by atoms with Gasteiger partial charge in [0.25, 0.3) is 5.91 Å². The maximum Gasteiger partial charge on any atom is 0.274 e. The van der Waals surface area contributed by atoms with E-state index in [1.54, 1.807) is 6.20 Å². The number of aryl methyl sites for hydroxylation is 1. The van der Waals surface area contributed by atoms with Crippen molar-refractivity contribution in [3.8, 4) is 0 Å². The fourth-order valence-corrected chi connectivity index (χ4v) is 4.23. The van der Waals surface area contributed by atoms with Gasteiger partial charge in [0.15, 0.2) is 0 Å². The lowest BCUT2D eigenvalue weighted by atomic mass is 9.95. The first kappa shape index (κ1) is 18.0. The van der Waals surface area contributed by atoms with E-state index in [1.807, 2.05) is 34.6 Å². The standard InChI is InChI=1S/C21H28N4O2/c1-16-6-11-25-15-18(22-19(25)14-16)21(27)24-12-7-17(8-13-24)20(26)23-9-4-2-3-5-10-23/h6,11,14-15,17H,2-5,7-10,12-13H2,1H3. The molecule has 2 aliphatic heterocycles. The number of amides is 2. The van der Waals surface area contributed by atoms with Gasteiger partial charge in [-0.1, -0.05) is 12.8 Å². The van der Waals surface area contributed by atoms with Gasteiger partial charge in [0.2, 0.25) is 5.91 Å². The number of carbonyl (C=O) groups excluding carboxylic acids is 2. The Morgan fingerprint density at radius 2 is 1.70 bits per heavy atom. The van der Waals surface area contributed by atoms with Crippen LogP contribution in [0.1, 0.15) is 54.6 Å². The van der Waals surface area contributed by atoms with Gasteiger partial charge in [-0.15, -0.1) is 0 Å². The molecule has 2 amide bonds. The maximum atomic E-state index is 12.8. The van der Waals surface area contributed by atoms with Crippen LogP contribution in [0.25, 0.3) is 5.65 Å². The minimum absolute atomic E-state index is 0.0305. The molecule has 0 atom stereocenters. The van der Waals surface area contributed by atoms with Gasteiger partial charge in [-0.2, -0.15) is 0 Å². The number of imidazole rings is 1. The Kier molecular flexibility index (Phi) is 5.14. The van der Waals surface area contributed by atoms with Crippen LogP contribution in [0.15, 0.2) is 24.5 Å². The molecule has 2 fully saturated rings. The fraction of sp³-hybridized carbons (Fsp3) is 0.571. The number of nitrogens with zero attached hydrogens (tertiary/aromatic N) is 4. The van der Waals surface area contributed by atoms with E-state index in [0.29, 0.717) is 24.7 Å². The number of hydrogen-bond donors (Lipinski definition) is 0. The number of pyridine rings is 1. The van der Waals surface area contributed by atoms with Gasteiger partial charge in [-0.25, -0.2) is 4.98 Å². The third-order valence-electron chi connectivity index (χ3n) is 5.88. The van der Waals surface area contributed by atoms with Crippen LogP contribution >= 0.6 is 0 Å². The molecule has 4 rings (SSSR count). The Morgan fingerprint density at radius 3 is 2.41 bits per heavy atom. The normalized spacial score (nSPS) is 19.3. The lowest BCUT2D eigenvalue weighted by Crippen LogP contribution is -2.44. The highest BCUT2D eigenvalue weighted by atomic mass is 16.2. The van der Waals surface area contributed by atoms with Crippen molar-refractivity contribution in [3.63, 3.8) is 0 Å². The summed E-state index contributed by atoms with van der Waals surface area (Å²) in [5, 5.41) is 0. The van der Waals surface area contributed by atoms with Crippen molar-refractivity contribution in [1.82, 2.24) is 19.2 Å². The second-order valence-electron chi connectivity index (χ2n) is 7.90. The van der Waals surface area contributed by atoms with Crippen LogP contribution in [0.2, 0.25) is 0 Å². The Labute approximate surface area is 160 Å². The summed E-state index contributed by atoms with van der Waals surface area (Å²) in [6.45, 7) is 5.09. The van der Waals surface area contributed by atoms with Crippen LogP contribution in [-0.4, -0.2) is 57.2 Å². The molecule has 0 N–H and O–H groups in total. The summed E-state index contributed by atoms with van der Waals surface area (Å²) in [5.74, 6) is 0.333. The quantitative estimate of drug-likeness (QED) is 0.819. The molecule has 0 aliphatic carbocycles. The molecule has 0 radical (unpaired) electrons. The maximum absolute atomic E-state index is 12.8. The van der Waals surface area contributed by atoms with Gasteiger partial charge < -0.3 is 14.2 Å². The van der Waals surface area contributed by atoms with Crippen molar-refractivity contribution in [1.29, 1.82) is 0 Å². The summed E-state index contributed by atoms with van der Waals surface area (Å²) >= 11 is 0. The first-order chi connectivity index (χ1) is 13.1. The summed E-state index contributed by atoms with van der Waals surface area (Å²) in [6, 6.07) is 3.98. The molecule has 2 saturated heterocycles. The lowest BCUT2D eigenvalue weighted by Gasteiger charge is -2.33. The zero-order chi connectivity index (χ0) is 18.8. The van der Waals surface area contributed by atoms with Crippen LogP contribution < -0.4 is 0 Å². The predicted molar refractivity (Wildman–Crippen MR) is 104 cm³/mol. The number of piperidine rings is 1. The molecule has 6 heteroatoms. The zero-order valence-corrected chi connectivity index (χ0v) is 16.1. The first-order valence-electron chi connectivity index (χ1n) is 10.2. The Bertz CT molecular complexity index is 828. The number of fused-ring (bicyclic) bond motifs is 1. The average molecular weight is 368 g/mol. The van der Waals surface area contributed by atoms with Crippen molar-refractivity contribution in [2.75, 3.05) is 26.2 Å². The van der Waals surface area contributed by atoms with Gasteiger partial charge >= 0.3 is 0 Å². The fourth-order valence-electron chi connectivity index (χ4n) is 4.23. The van der Waals surface area contributed by atoms with Crippen molar-refractivity contribution in [3.05, 3.63) is 35.8 Å². The van der Waals surface area contributed by atoms with E-state index >= 15 is 0 Å². The predicted octanol–water partition coefficient (Wildman–Crippen LogP) is 2.90. The number of likely N-dealkylation sites (tertiary alicyclic amines) is 2. The van der Waals surface area contributed by atoms with E-state index < -0.39 is 0 Å². The molecule has 0 aromatic carbocycles. The number of aromatic nitrogens is 2. The minimum atomic E-state index is -0.0305. The van der Waals surface area contributed by atoms with Crippen LogP contribution in [0.3, 0.4) is 0 Å². The Morgan fingerprint density at radius 1 is 1.00 bits per heavy atom. The SMILES string of the molecule is Cc1ccn2cc(C(=O)N3CCC(C(=O)N4CCCCCC4)CC3)nc2c1. The van der Waals surface area contributed by atoms with Crippen molar-refractivity contribution in [2.45, 2.75) is 45.4 Å². The Balaban J connectivity index is 1.37. The molecule has 6 nitrogen and oxygen atoms in total. The topological polar surface area (TPSA) is 57.9 Å². The van der Waals surface area contributed by atoms with E-state index in [-0.39, 0.29) is 11.8 Å². The molecule has 0 unspecified atom stereocenters. The number of carbonyl (C=O) groups is 2. The van der Waals surface area contributed by atoms with Gasteiger partial charge in [0.1, 0.15) is 11.3 Å². The second-order valence-corrected chi connectivity index (χ2v) is 7.90. The van der Waals surface area contributed by atoms with Crippen molar-refractivity contribution >= 4 is 17.5 Å². The highest BCUT2D eigenvalue weighted by Crippen LogP contribution is 2.23. The monoisotopic (exact) mass is 368 g/mol. The van der Waals surface area contributed by atoms with Crippen molar-refractivity contribution < 1.29 is 9.59 Å². The van der Waals surface area contributed by atoms with Crippen LogP contribution in [0, 0.1) is 12.8 Å². The zero-order valence-electron chi connectivity index (χ0n) is 16.1. The van der Waals surface area contributed by atoms with Crippen LogP contribution in [0.5, 0.6) is 0 Å². The Hall–Kier alpha value is -2.37. The largest absolute Gasteiger partial charge is 0.342 e. The van der Waals surface area contributed by atoms with Crippen LogP contribution in [0.4, 0.5) is 0 Å². The summed E-state index contributed by atoms with van der Waals surface area (Å²) in [7, 11) is 0. The average Bonchev–Trinajstić information content (AvgIpc) is 2.92. The highest BCUT2D eigenvalue weighted by molar-refractivity contribution is 5.93. The molecule has 27 heavy (non-hydrogen) atoms. The summed E-state index contributed by atoms with van der Waals surface area (Å²) in [6.07, 6.45) is 9.95. The van der Waals surface area contributed by atoms with Crippen molar-refractivity contribution in [2.24, 2.45) is 5.92 Å². The number of rotatable bonds is 2. The summed E-state index contributed by atoms with van der Waals surface area (Å²) < 4.78 is 1.88. The van der Waals surface area contributed by atoms with E-state index in [9.17, 15) is 9.59 Å². The highest BCUT2D eigenvalue weighted by Gasteiger charge is 2.31. The smallest absolute Gasteiger partial charge is 0.274 e. The van der Waals surface area contributed by atoms with E-state index in [2.05, 4.69) is 9.88 Å². The number of hydrogen-bond acceptors (Lipinski definition) is 3. The third-order valence-corrected chi connectivity index (χ3v) is 5.88. The van der Waals surface area contributed by atoms with Crippen LogP contribution in [-0.2, 0) is 4.79 Å².